The summed E-state index contributed by atoms with van der Waals surface area (Å²) in [5.74, 6) is -0.0938. The molecule has 0 aliphatic heterocycles. The van der Waals surface area contributed by atoms with Crippen LogP contribution >= 0.6 is 12.6 Å². The fraction of sp³-hybridized carbons (Fsp3) is 0.500. The first-order valence-electron chi connectivity index (χ1n) is 6.05. The van der Waals surface area contributed by atoms with Crippen molar-refractivity contribution in [3.05, 3.63) is 35.9 Å². The van der Waals surface area contributed by atoms with Gasteiger partial charge in [0.25, 0.3) is 0 Å². The Bertz CT molecular complexity index is 379. The number of aliphatic hydroxyl groups excluding tert-OH is 1. The Morgan fingerprint density at radius 1 is 1.39 bits per heavy atom. The third-order valence-electron chi connectivity index (χ3n) is 2.74. The van der Waals surface area contributed by atoms with Crippen molar-refractivity contribution in [2.45, 2.75) is 25.5 Å². The minimum Gasteiger partial charge on any atom is -0.396 e. The van der Waals surface area contributed by atoms with Crippen molar-refractivity contribution in [2.24, 2.45) is 5.41 Å². The monoisotopic (exact) mass is 267 g/mol. The first-order valence-corrected chi connectivity index (χ1v) is 6.57. The van der Waals surface area contributed by atoms with E-state index in [-0.39, 0.29) is 23.2 Å². The Morgan fingerprint density at radius 2 is 2.00 bits per heavy atom. The quantitative estimate of drug-likeness (QED) is 0.687. The molecule has 18 heavy (non-hydrogen) atoms. The summed E-state index contributed by atoms with van der Waals surface area (Å²) in [7, 11) is 0. The van der Waals surface area contributed by atoms with Crippen LogP contribution in [-0.4, -0.2) is 29.4 Å². The van der Waals surface area contributed by atoms with Gasteiger partial charge in [0.15, 0.2) is 0 Å². The topological polar surface area (TPSA) is 49.3 Å². The maximum absolute atomic E-state index is 11.8. The van der Waals surface area contributed by atoms with Gasteiger partial charge in [0.05, 0.1) is 5.25 Å². The third-order valence-corrected chi connectivity index (χ3v) is 3.16. The number of thiol groups is 1. The van der Waals surface area contributed by atoms with E-state index < -0.39 is 0 Å². The van der Waals surface area contributed by atoms with Crippen LogP contribution in [-0.2, 0) is 11.2 Å². The number of benzene rings is 1. The molecule has 3 nitrogen and oxygen atoms in total. The van der Waals surface area contributed by atoms with Gasteiger partial charge < -0.3 is 10.4 Å². The van der Waals surface area contributed by atoms with Crippen LogP contribution in [0.1, 0.15) is 19.4 Å². The molecule has 0 bridgehead atoms. The molecule has 4 heteroatoms. The summed E-state index contributed by atoms with van der Waals surface area (Å²) in [4.78, 5) is 11.8. The van der Waals surface area contributed by atoms with E-state index in [2.05, 4.69) is 17.9 Å². The second-order valence-electron chi connectivity index (χ2n) is 5.25. The van der Waals surface area contributed by atoms with E-state index in [1.807, 2.05) is 44.2 Å². The van der Waals surface area contributed by atoms with Crippen LogP contribution in [0.15, 0.2) is 30.3 Å². The lowest BCUT2D eigenvalue weighted by Gasteiger charge is -2.23. The molecule has 0 saturated carbocycles. The van der Waals surface area contributed by atoms with Crippen molar-refractivity contribution < 1.29 is 9.90 Å². The lowest BCUT2D eigenvalue weighted by Crippen LogP contribution is -2.40. The second kappa shape index (κ2) is 6.81. The van der Waals surface area contributed by atoms with E-state index in [1.165, 1.54) is 0 Å². The molecule has 1 aromatic rings. The van der Waals surface area contributed by atoms with Crippen LogP contribution in [0.3, 0.4) is 0 Å². The van der Waals surface area contributed by atoms with Crippen LogP contribution in [0.2, 0.25) is 0 Å². The molecule has 0 aromatic heterocycles. The maximum Gasteiger partial charge on any atom is 0.233 e. The van der Waals surface area contributed by atoms with E-state index in [0.717, 1.165) is 5.56 Å². The maximum atomic E-state index is 11.8. The van der Waals surface area contributed by atoms with Gasteiger partial charge in [-0.2, -0.15) is 12.6 Å². The van der Waals surface area contributed by atoms with Crippen LogP contribution in [0.4, 0.5) is 0 Å². The molecule has 1 amide bonds. The summed E-state index contributed by atoms with van der Waals surface area (Å²) in [5, 5.41) is 11.6. The number of amides is 1. The molecule has 1 aromatic carbocycles. The number of carbonyl (C=O) groups is 1. The minimum atomic E-state index is -0.359. The molecule has 0 aliphatic carbocycles. The Hall–Kier alpha value is -1.00. The molecule has 1 unspecified atom stereocenters. The van der Waals surface area contributed by atoms with Gasteiger partial charge in [0.2, 0.25) is 5.91 Å². The number of rotatable bonds is 6. The number of carbonyl (C=O) groups excluding carboxylic acids is 1. The minimum absolute atomic E-state index is 0.0448. The van der Waals surface area contributed by atoms with Crippen molar-refractivity contribution in [1.29, 1.82) is 0 Å². The number of aliphatic hydroxyl groups is 1. The molecule has 0 spiro atoms. The predicted octanol–water partition coefficient (Wildman–Crippen LogP) is 1.66. The zero-order valence-electron chi connectivity index (χ0n) is 10.9. The van der Waals surface area contributed by atoms with Gasteiger partial charge in [-0.3, -0.25) is 4.79 Å². The van der Waals surface area contributed by atoms with E-state index in [9.17, 15) is 4.79 Å². The molecule has 1 atom stereocenters. The highest BCUT2D eigenvalue weighted by atomic mass is 32.1. The van der Waals surface area contributed by atoms with Gasteiger partial charge in [-0.25, -0.2) is 0 Å². The Kier molecular flexibility index (Phi) is 5.69. The average molecular weight is 267 g/mol. The number of hydrogen-bond acceptors (Lipinski definition) is 3. The van der Waals surface area contributed by atoms with Crippen LogP contribution < -0.4 is 5.32 Å². The summed E-state index contributed by atoms with van der Waals surface area (Å²) < 4.78 is 0. The van der Waals surface area contributed by atoms with E-state index in [0.29, 0.717) is 13.0 Å². The van der Waals surface area contributed by atoms with Gasteiger partial charge in [-0.1, -0.05) is 44.2 Å². The van der Waals surface area contributed by atoms with Gasteiger partial charge in [0, 0.05) is 18.6 Å². The molecular weight excluding hydrogens is 246 g/mol. The first-order chi connectivity index (χ1) is 8.44. The van der Waals surface area contributed by atoms with Gasteiger partial charge >= 0.3 is 0 Å². The van der Waals surface area contributed by atoms with Crippen LogP contribution in [0.25, 0.3) is 0 Å². The van der Waals surface area contributed by atoms with Crippen molar-refractivity contribution in [3.63, 3.8) is 0 Å². The molecule has 0 heterocycles. The fourth-order valence-corrected chi connectivity index (χ4v) is 1.73. The Labute approximate surface area is 114 Å². The normalized spacial score (nSPS) is 13.1. The molecule has 0 saturated heterocycles. The lowest BCUT2D eigenvalue weighted by atomic mass is 9.95. The van der Waals surface area contributed by atoms with Gasteiger partial charge in [-0.15, -0.1) is 0 Å². The van der Waals surface area contributed by atoms with Crippen molar-refractivity contribution in [1.82, 2.24) is 5.32 Å². The summed E-state index contributed by atoms with van der Waals surface area (Å²) >= 11 is 4.32. The van der Waals surface area contributed by atoms with E-state index in [4.69, 9.17) is 5.11 Å². The fourth-order valence-electron chi connectivity index (χ4n) is 1.43. The predicted molar refractivity (Wildman–Crippen MR) is 76.8 cm³/mol. The van der Waals surface area contributed by atoms with Crippen molar-refractivity contribution in [2.75, 3.05) is 13.2 Å². The summed E-state index contributed by atoms with van der Waals surface area (Å²) in [6.45, 7) is 4.30. The molecule has 1 rings (SSSR count). The lowest BCUT2D eigenvalue weighted by molar-refractivity contribution is -0.121. The van der Waals surface area contributed by atoms with Gasteiger partial charge in [-0.05, 0) is 12.0 Å². The Morgan fingerprint density at radius 3 is 2.56 bits per heavy atom. The molecule has 0 fully saturated rings. The highest BCUT2D eigenvalue weighted by Gasteiger charge is 2.20. The summed E-state index contributed by atoms with van der Waals surface area (Å²) in [6, 6.07) is 9.80. The molecular formula is C14H21NO2S. The largest absolute Gasteiger partial charge is 0.396 e. The zero-order valence-corrected chi connectivity index (χ0v) is 11.8. The number of nitrogens with one attached hydrogen (secondary N) is 1. The summed E-state index contributed by atoms with van der Waals surface area (Å²) in [5.41, 5.74) is 0.796. The third kappa shape index (κ3) is 5.10. The molecule has 2 N–H and O–H groups in total. The van der Waals surface area contributed by atoms with Gasteiger partial charge in [0.1, 0.15) is 0 Å². The highest BCUT2D eigenvalue weighted by Crippen LogP contribution is 2.12. The Balaban J connectivity index is 2.43. The summed E-state index contributed by atoms with van der Waals surface area (Å²) in [6.07, 6.45) is 0.606. The standard InChI is InChI=1S/C14H21NO2S/c1-14(2,10-16)9-15-13(17)12(18)8-11-6-4-3-5-7-11/h3-7,12,16,18H,8-10H2,1-2H3,(H,15,17). The number of hydrogen-bond donors (Lipinski definition) is 3. The van der Waals surface area contributed by atoms with Crippen molar-refractivity contribution in [3.8, 4) is 0 Å². The average Bonchev–Trinajstić information content (AvgIpc) is 2.37. The SMILES string of the molecule is CC(C)(CO)CNC(=O)C(S)Cc1ccccc1. The van der Waals surface area contributed by atoms with E-state index in [1.54, 1.807) is 0 Å². The zero-order chi connectivity index (χ0) is 13.6. The molecule has 100 valence electrons. The van der Waals surface area contributed by atoms with Crippen molar-refractivity contribution >= 4 is 18.5 Å². The van der Waals surface area contributed by atoms with E-state index >= 15 is 0 Å². The smallest absolute Gasteiger partial charge is 0.233 e. The van der Waals surface area contributed by atoms with Crippen LogP contribution in [0.5, 0.6) is 0 Å². The highest BCUT2D eigenvalue weighted by molar-refractivity contribution is 7.81. The molecule has 0 aliphatic rings. The second-order valence-corrected chi connectivity index (χ2v) is 5.87. The molecule has 0 radical (unpaired) electrons. The van der Waals surface area contributed by atoms with Crippen LogP contribution in [0, 0.1) is 5.41 Å². The first kappa shape index (κ1) is 15.1.